The molecule has 0 unspecified atom stereocenters. The molecule has 0 bridgehead atoms. The number of imide groups is 1. The van der Waals surface area contributed by atoms with Crippen LogP contribution in [-0.4, -0.2) is 66.8 Å². The van der Waals surface area contributed by atoms with Crippen molar-refractivity contribution < 1.29 is 14.0 Å². The van der Waals surface area contributed by atoms with Crippen molar-refractivity contribution in [1.29, 1.82) is 0 Å². The summed E-state index contributed by atoms with van der Waals surface area (Å²) in [5.41, 5.74) is 1.12. The third kappa shape index (κ3) is 6.25. The van der Waals surface area contributed by atoms with E-state index in [9.17, 15) is 14.0 Å². The van der Waals surface area contributed by atoms with Crippen LogP contribution >= 0.6 is 0 Å². The zero-order valence-corrected chi connectivity index (χ0v) is 17.0. The van der Waals surface area contributed by atoms with E-state index < -0.39 is 0 Å². The third-order valence-electron chi connectivity index (χ3n) is 5.48. The number of piperidine rings is 2. The highest BCUT2D eigenvalue weighted by molar-refractivity contribution is 5.97. The summed E-state index contributed by atoms with van der Waals surface area (Å²) in [6.07, 6.45) is 3.55. The van der Waals surface area contributed by atoms with E-state index in [4.69, 9.17) is 0 Å². The van der Waals surface area contributed by atoms with Crippen molar-refractivity contribution in [2.24, 2.45) is 4.99 Å². The number of halogens is 1. The number of hydrogen-bond acceptors (Lipinski definition) is 4. The molecule has 158 valence electrons. The van der Waals surface area contributed by atoms with Crippen molar-refractivity contribution in [2.75, 3.05) is 33.2 Å². The normalized spacial score (nSPS) is 19.5. The second-order valence-corrected chi connectivity index (χ2v) is 7.61. The Morgan fingerprint density at radius 3 is 2.41 bits per heavy atom. The molecule has 8 heteroatoms. The molecule has 3 rings (SSSR count). The van der Waals surface area contributed by atoms with E-state index in [2.05, 4.69) is 20.5 Å². The maximum atomic E-state index is 13.0. The lowest BCUT2D eigenvalue weighted by Crippen LogP contribution is -2.50. The van der Waals surface area contributed by atoms with Crippen LogP contribution in [0.25, 0.3) is 0 Å². The van der Waals surface area contributed by atoms with Crippen LogP contribution in [0.4, 0.5) is 4.39 Å². The highest BCUT2D eigenvalue weighted by atomic mass is 19.1. The summed E-state index contributed by atoms with van der Waals surface area (Å²) >= 11 is 0. The fraction of sp³-hybridized carbons (Fsp3) is 0.571. The molecule has 2 heterocycles. The molecule has 2 amide bonds. The second-order valence-electron chi connectivity index (χ2n) is 7.61. The quantitative estimate of drug-likeness (QED) is 0.428. The molecule has 2 N–H and O–H groups in total. The van der Waals surface area contributed by atoms with Crippen molar-refractivity contribution in [3.63, 3.8) is 0 Å². The van der Waals surface area contributed by atoms with Crippen LogP contribution in [0, 0.1) is 5.82 Å². The van der Waals surface area contributed by atoms with Crippen molar-refractivity contribution >= 4 is 17.8 Å². The topological polar surface area (TPSA) is 77.0 Å². The molecule has 0 aliphatic carbocycles. The molecule has 0 radical (unpaired) electrons. The van der Waals surface area contributed by atoms with Crippen LogP contribution in [0.2, 0.25) is 0 Å². The monoisotopic (exact) mass is 403 g/mol. The van der Waals surface area contributed by atoms with Crippen molar-refractivity contribution in [3.8, 4) is 0 Å². The first kappa shape index (κ1) is 21.2. The smallest absolute Gasteiger partial charge is 0.229 e. The van der Waals surface area contributed by atoms with Gasteiger partial charge in [0.25, 0.3) is 0 Å². The van der Waals surface area contributed by atoms with Crippen molar-refractivity contribution in [1.82, 2.24) is 20.4 Å². The maximum absolute atomic E-state index is 13.0. The zero-order valence-electron chi connectivity index (χ0n) is 17.0. The Bertz CT molecular complexity index is 713. The van der Waals surface area contributed by atoms with Gasteiger partial charge in [0.05, 0.1) is 0 Å². The average Bonchev–Trinajstić information content (AvgIpc) is 2.72. The maximum Gasteiger partial charge on any atom is 0.229 e. The van der Waals surface area contributed by atoms with Gasteiger partial charge in [-0.1, -0.05) is 12.1 Å². The lowest BCUT2D eigenvalue weighted by atomic mass is 10.0. The number of likely N-dealkylation sites (tertiary alicyclic amines) is 2. The van der Waals surface area contributed by atoms with Gasteiger partial charge in [0.1, 0.15) is 5.82 Å². The Hall–Kier alpha value is -2.48. The molecule has 1 aromatic rings. The molecule has 0 atom stereocenters. The van der Waals surface area contributed by atoms with Crippen LogP contribution in [0.1, 0.15) is 37.7 Å². The third-order valence-corrected chi connectivity index (χ3v) is 5.48. The zero-order chi connectivity index (χ0) is 20.6. The Labute approximate surface area is 171 Å². The fourth-order valence-electron chi connectivity index (χ4n) is 3.81. The van der Waals surface area contributed by atoms with Gasteiger partial charge >= 0.3 is 0 Å². The predicted molar refractivity (Wildman–Crippen MR) is 110 cm³/mol. The van der Waals surface area contributed by atoms with Gasteiger partial charge in [0.2, 0.25) is 11.8 Å². The lowest BCUT2D eigenvalue weighted by molar-refractivity contribution is -0.147. The number of guanidine groups is 1. The first-order valence-corrected chi connectivity index (χ1v) is 10.3. The van der Waals surface area contributed by atoms with E-state index in [1.807, 2.05) is 12.1 Å². The molecule has 0 saturated carbocycles. The van der Waals surface area contributed by atoms with E-state index in [0.29, 0.717) is 44.4 Å². The summed E-state index contributed by atoms with van der Waals surface area (Å²) in [4.78, 5) is 31.7. The number of amides is 2. The number of hydrogen-bond donors (Lipinski definition) is 2. The van der Waals surface area contributed by atoms with Gasteiger partial charge in [-0.2, -0.15) is 0 Å². The summed E-state index contributed by atoms with van der Waals surface area (Å²) < 4.78 is 13.0. The fourth-order valence-corrected chi connectivity index (χ4v) is 3.81. The van der Waals surface area contributed by atoms with Gasteiger partial charge in [0.15, 0.2) is 5.96 Å². The van der Waals surface area contributed by atoms with Crippen molar-refractivity contribution in [2.45, 2.75) is 44.7 Å². The molecule has 7 nitrogen and oxygen atoms in total. The predicted octanol–water partition coefficient (Wildman–Crippen LogP) is 1.49. The van der Waals surface area contributed by atoms with Gasteiger partial charge in [-0.25, -0.2) is 4.39 Å². The highest BCUT2D eigenvalue weighted by Crippen LogP contribution is 2.14. The van der Waals surface area contributed by atoms with E-state index >= 15 is 0 Å². The number of carbonyl (C=O) groups is 2. The number of aliphatic imine (C=N–C) groups is 1. The Kier molecular flexibility index (Phi) is 7.57. The van der Waals surface area contributed by atoms with Crippen LogP contribution in [0.5, 0.6) is 0 Å². The van der Waals surface area contributed by atoms with E-state index in [0.717, 1.165) is 38.0 Å². The minimum atomic E-state index is -0.204. The molecule has 2 fully saturated rings. The summed E-state index contributed by atoms with van der Waals surface area (Å²) in [6, 6.07) is 7.00. The van der Waals surface area contributed by atoms with E-state index in [1.165, 1.54) is 17.0 Å². The number of nitrogens with zero attached hydrogens (tertiary/aromatic N) is 3. The molecular formula is C21H30FN5O2. The molecule has 29 heavy (non-hydrogen) atoms. The van der Waals surface area contributed by atoms with E-state index in [1.54, 1.807) is 7.05 Å². The van der Waals surface area contributed by atoms with Crippen molar-refractivity contribution in [3.05, 3.63) is 35.6 Å². The van der Waals surface area contributed by atoms with Gasteiger partial charge in [-0.3, -0.25) is 24.4 Å². The minimum absolute atomic E-state index is 0.0838. The molecule has 2 saturated heterocycles. The Balaban J connectivity index is 1.37. The summed E-state index contributed by atoms with van der Waals surface area (Å²) in [7, 11) is 1.72. The first-order chi connectivity index (χ1) is 14.0. The van der Waals surface area contributed by atoms with Gasteiger partial charge in [-0.05, 0) is 37.0 Å². The number of rotatable bonds is 6. The van der Waals surface area contributed by atoms with Crippen LogP contribution < -0.4 is 10.6 Å². The van der Waals surface area contributed by atoms with Crippen LogP contribution in [0.15, 0.2) is 29.3 Å². The molecule has 0 aromatic heterocycles. The largest absolute Gasteiger partial charge is 0.355 e. The van der Waals surface area contributed by atoms with Crippen LogP contribution in [-0.2, 0) is 16.1 Å². The standard InChI is InChI=1S/C21H30FN5O2/c1-23-21(24-11-14-27-19(28)3-2-4-20(27)29)25-18-9-12-26(13-10-18)15-16-5-7-17(22)8-6-16/h5-8,18H,2-4,9-15H2,1H3,(H2,23,24,25). The van der Waals surface area contributed by atoms with E-state index in [-0.39, 0.29) is 17.6 Å². The Morgan fingerprint density at radius 2 is 1.79 bits per heavy atom. The molecule has 0 spiro atoms. The SMILES string of the molecule is CN=C(NCCN1C(=O)CCCC1=O)NC1CCN(Cc2ccc(F)cc2)CC1. The van der Waals surface area contributed by atoms with Gasteiger partial charge < -0.3 is 10.6 Å². The average molecular weight is 404 g/mol. The molecular weight excluding hydrogens is 373 g/mol. The summed E-state index contributed by atoms with van der Waals surface area (Å²) in [5.74, 6) is 0.322. The first-order valence-electron chi connectivity index (χ1n) is 10.3. The number of carbonyl (C=O) groups excluding carboxylic acids is 2. The minimum Gasteiger partial charge on any atom is -0.355 e. The van der Waals surface area contributed by atoms with Gasteiger partial charge in [0, 0.05) is 58.7 Å². The second kappa shape index (κ2) is 10.3. The summed E-state index contributed by atoms with van der Waals surface area (Å²) in [6.45, 7) is 3.61. The molecule has 2 aliphatic rings. The molecule has 2 aliphatic heterocycles. The lowest BCUT2D eigenvalue weighted by Gasteiger charge is -2.33. The Morgan fingerprint density at radius 1 is 1.14 bits per heavy atom. The summed E-state index contributed by atoms with van der Waals surface area (Å²) in [5, 5.41) is 6.64. The highest BCUT2D eigenvalue weighted by Gasteiger charge is 2.25. The van der Waals surface area contributed by atoms with Crippen LogP contribution in [0.3, 0.4) is 0 Å². The molecule has 1 aromatic carbocycles. The number of nitrogens with one attached hydrogen (secondary N) is 2. The van der Waals surface area contributed by atoms with Gasteiger partial charge in [-0.15, -0.1) is 0 Å². The number of benzene rings is 1.